The lowest BCUT2D eigenvalue weighted by Gasteiger charge is -2.06. The molecule has 11 heteroatoms. The maximum absolute atomic E-state index is 13.8. The van der Waals surface area contributed by atoms with E-state index in [1.165, 1.54) is 34.6 Å². The first-order valence-electron chi connectivity index (χ1n) is 7.78. The lowest BCUT2D eigenvalue weighted by molar-refractivity contribution is -0.385. The average molecular weight is 393 g/mol. The standard InChI is InChI=1S/C16H14ClFN6O3/c1-10-14(24(26)27)8-23(20-10)9-16(25)19-15-5-6-22(21-15)7-11-12(17)3-2-4-13(11)18/h2-6,8H,7,9H2,1H3,(H,19,21,25). The molecule has 0 aliphatic heterocycles. The van der Waals surface area contributed by atoms with Gasteiger partial charge in [-0.2, -0.15) is 10.2 Å². The summed E-state index contributed by atoms with van der Waals surface area (Å²) >= 11 is 5.99. The molecule has 140 valence electrons. The van der Waals surface area contributed by atoms with Gasteiger partial charge in [0.1, 0.15) is 24.3 Å². The van der Waals surface area contributed by atoms with Gasteiger partial charge in [-0.1, -0.05) is 17.7 Å². The van der Waals surface area contributed by atoms with Gasteiger partial charge in [0.25, 0.3) is 0 Å². The van der Waals surface area contributed by atoms with Gasteiger partial charge >= 0.3 is 5.69 Å². The molecule has 0 aliphatic carbocycles. The van der Waals surface area contributed by atoms with Crippen LogP contribution in [0.1, 0.15) is 11.3 Å². The lowest BCUT2D eigenvalue weighted by atomic mass is 10.2. The number of hydrogen-bond donors (Lipinski definition) is 1. The molecule has 27 heavy (non-hydrogen) atoms. The first-order chi connectivity index (χ1) is 12.8. The van der Waals surface area contributed by atoms with Crippen LogP contribution in [-0.2, 0) is 17.9 Å². The molecule has 9 nitrogen and oxygen atoms in total. The highest BCUT2D eigenvalue weighted by atomic mass is 35.5. The minimum absolute atomic E-state index is 0.103. The van der Waals surface area contributed by atoms with Crippen molar-refractivity contribution in [1.29, 1.82) is 0 Å². The first-order valence-corrected chi connectivity index (χ1v) is 8.16. The molecule has 0 saturated carbocycles. The number of carbonyl (C=O) groups is 1. The second kappa shape index (κ2) is 7.54. The number of aromatic nitrogens is 4. The van der Waals surface area contributed by atoms with Crippen LogP contribution in [0.15, 0.2) is 36.7 Å². The molecule has 3 rings (SSSR count). The SMILES string of the molecule is Cc1nn(CC(=O)Nc2ccn(Cc3c(F)cccc3Cl)n2)cc1[N+](=O)[O-]. The number of hydrogen-bond acceptors (Lipinski definition) is 5. The van der Waals surface area contributed by atoms with Crippen molar-refractivity contribution in [2.75, 3.05) is 5.32 Å². The van der Waals surface area contributed by atoms with Gasteiger partial charge < -0.3 is 5.32 Å². The van der Waals surface area contributed by atoms with Crippen LogP contribution in [0.3, 0.4) is 0 Å². The van der Waals surface area contributed by atoms with Gasteiger partial charge in [0.2, 0.25) is 5.91 Å². The maximum atomic E-state index is 13.8. The number of anilines is 1. The second-order valence-corrected chi connectivity index (χ2v) is 6.11. The highest BCUT2D eigenvalue weighted by molar-refractivity contribution is 6.31. The molecule has 0 fully saturated rings. The van der Waals surface area contributed by atoms with Crippen molar-refractivity contribution in [2.45, 2.75) is 20.0 Å². The quantitative estimate of drug-likeness (QED) is 0.512. The van der Waals surface area contributed by atoms with Gasteiger partial charge in [-0.3, -0.25) is 24.3 Å². The van der Waals surface area contributed by atoms with Crippen molar-refractivity contribution in [2.24, 2.45) is 0 Å². The van der Waals surface area contributed by atoms with Crippen molar-refractivity contribution in [3.05, 3.63) is 68.9 Å². The van der Waals surface area contributed by atoms with E-state index in [0.717, 1.165) is 0 Å². The predicted molar refractivity (Wildman–Crippen MR) is 95.0 cm³/mol. The van der Waals surface area contributed by atoms with Crippen LogP contribution in [-0.4, -0.2) is 30.4 Å². The first kappa shape index (κ1) is 18.5. The van der Waals surface area contributed by atoms with Crippen LogP contribution < -0.4 is 5.32 Å². The summed E-state index contributed by atoms with van der Waals surface area (Å²) in [5.74, 6) is -0.647. The van der Waals surface area contributed by atoms with Crippen LogP contribution in [0.25, 0.3) is 0 Å². The third-order valence-corrected chi connectivity index (χ3v) is 4.07. The lowest BCUT2D eigenvalue weighted by Crippen LogP contribution is -2.19. The third-order valence-electron chi connectivity index (χ3n) is 3.71. The number of amides is 1. The van der Waals surface area contributed by atoms with Crippen molar-refractivity contribution in [3.63, 3.8) is 0 Å². The number of aryl methyl sites for hydroxylation is 1. The van der Waals surface area contributed by atoms with Crippen LogP contribution >= 0.6 is 11.6 Å². The van der Waals surface area contributed by atoms with Gasteiger partial charge in [-0.25, -0.2) is 4.39 Å². The summed E-state index contributed by atoms with van der Waals surface area (Å²) in [7, 11) is 0. The third kappa shape index (κ3) is 4.29. The molecule has 0 aliphatic rings. The fraction of sp³-hybridized carbons (Fsp3) is 0.188. The van der Waals surface area contributed by atoms with Crippen molar-refractivity contribution in [3.8, 4) is 0 Å². The summed E-state index contributed by atoms with van der Waals surface area (Å²) in [5.41, 5.74) is 0.354. The Balaban J connectivity index is 1.64. The summed E-state index contributed by atoms with van der Waals surface area (Å²) in [4.78, 5) is 22.3. The molecule has 2 aromatic heterocycles. The zero-order chi connectivity index (χ0) is 19.6. The molecule has 1 aromatic carbocycles. The fourth-order valence-corrected chi connectivity index (χ4v) is 2.68. The zero-order valence-electron chi connectivity index (χ0n) is 14.1. The van der Waals surface area contributed by atoms with E-state index in [1.807, 2.05) is 0 Å². The number of nitrogens with zero attached hydrogens (tertiary/aromatic N) is 5. The van der Waals surface area contributed by atoms with E-state index in [1.54, 1.807) is 18.3 Å². The summed E-state index contributed by atoms with van der Waals surface area (Å²) in [6, 6.07) is 5.94. The number of carbonyl (C=O) groups excluding carboxylic acids is 1. The Bertz CT molecular complexity index is 995. The normalized spacial score (nSPS) is 10.8. The molecule has 2 heterocycles. The number of rotatable bonds is 6. The number of halogens is 2. The molecule has 1 N–H and O–H groups in total. The summed E-state index contributed by atoms with van der Waals surface area (Å²) in [5, 5.41) is 21.7. The number of nitro groups is 1. The van der Waals surface area contributed by atoms with E-state index >= 15 is 0 Å². The summed E-state index contributed by atoms with van der Waals surface area (Å²) in [6.45, 7) is 1.38. The van der Waals surface area contributed by atoms with Gasteiger partial charge in [0.15, 0.2) is 5.82 Å². The highest BCUT2D eigenvalue weighted by Crippen LogP contribution is 2.20. The number of nitrogens with one attached hydrogen (secondary N) is 1. The van der Waals surface area contributed by atoms with Crippen LogP contribution in [0.2, 0.25) is 5.02 Å². The summed E-state index contributed by atoms with van der Waals surface area (Å²) in [6.07, 6.45) is 2.76. The molecule has 0 unspecified atom stereocenters. The number of benzene rings is 1. The minimum Gasteiger partial charge on any atom is -0.308 e. The van der Waals surface area contributed by atoms with E-state index in [9.17, 15) is 19.3 Å². The van der Waals surface area contributed by atoms with E-state index in [4.69, 9.17) is 11.6 Å². The van der Waals surface area contributed by atoms with E-state index in [0.29, 0.717) is 5.56 Å². The smallest absolute Gasteiger partial charge is 0.308 e. The van der Waals surface area contributed by atoms with Gasteiger partial charge in [-0.05, 0) is 19.1 Å². The van der Waals surface area contributed by atoms with E-state index < -0.39 is 16.6 Å². The Kier molecular flexibility index (Phi) is 5.17. The zero-order valence-corrected chi connectivity index (χ0v) is 14.9. The van der Waals surface area contributed by atoms with E-state index in [-0.39, 0.29) is 35.3 Å². The predicted octanol–water partition coefficient (Wildman–Crippen LogP) is 2.78. The minimum atomic E-state index is -0.563. The molecular formula is C16H14ClFN6O3. The average Bonchev–Trinajstić information content (AvgIpc) is 3.17. The van der Waals surface area contributed by atoms with Crippen molar-refractivity contribution in [1.82, 2.24) is 19.6 Å². The Morgan fingerprint density at radius 3 is 2.78 bits per heavy atom. The Morgan fingerprint density at radius 1 is 1.33 bits per heavy atom. The molecule has 0 radical (unpaired) electrons. The topological polar surface area (TPSA) is 108 Å². The Hall–Kier alpha value is -3.27. The fourth-order valence-electron chi connectivity index (χ4n) is 2.46. The van der Waals surface area contributed by atoms with Crippen molar-refractivity contribution >= 4 is 29.0 Å². The molecule has 0 atom stereocenters. The maximum Gasteiger partial charge on any atom is 0.309 e. The molecular weight excluding hydrogens is 379 g/mol. The second-order valence-electron chi connectivity index (χ2n) is 5.70. The molecule has 0 bridgehead atoms. The summed E-state index contributed by atoms with van der Waals surface area (Å²) < 4.78 is 16.4. The van der Waals surface area contributed by atoms with Crippen LogP contribution in [0, 0.1) is 22.9 Å². The van der Waals surface area contributed by atoms with Gasteiger partial charge in [0.05, 0.1) is 11.5 Å². The molecule has 0 spiro atoms. The largest absolute Gasteiger partial charge is 0.309 e. The molecule has 1 amide bonds. The van der Waals surface area contributed by atoms with Crippen LogP contribution in [0.5, 0.6) is 0 Å². The Morgan fingerprint density at radius 2 is 2.11 bits per heavy atom. The highest BCUT2D eigenvalue weighted by Gasteiger charge is 2.17. The van der Waals surface area contributed by atoms with Gasteiger partial charge in [-0.15, -0.1) is 0 Å². The van der Waals surface area contributed by atoms with Crippen LogP contribution in [0.4, 0.5) is 15.9 Å². The molecule has 0 saturated heterocycles. The Labute approximate surface area is 157 Å². The van der Waals surface area contributed by atoms with Gasteiger partial charge in [0, 0.05) is 22.8 Å². The monoisotopic (exact) mass is 392 g/mol. The van der Waals surface area contributed by atoms with Crippen molar-refractivity contribution < 1.29 is 14.1 Å². The molecule has 3 aromatic rings. The van der Waals surface area contributed by atoms with E-state index in [2.05, 4.69) is 15.5 Å².